The summed E-state index contributed by atoms with van der Waals surface area (Å²) in [6.07, 6.45) is 0.391. The summed E-state index contributed by atoms with van der Waals surface area (Å²) in [6, 6.07) is 4.99. The van der Waals surface area contributed by atoms with Crippen molar-refractivity contribution in [3.8, 4) is 11.5 Å². The van der Waals surface area contributed by atoms with E-state index in [1.54, 1.807) is 18.2 Å². The lowest BCUT2D eigenvalue weighted by Gasteiger charge is -2.09. The van der Waals surface area contributed by atoms with Crippen LogP contribution in [0.3, 0.4) is 0 Å². The summed E-state index contributed by atoms with van der Waals surface area (Å²) in [5, 5.41) is 11.5. The van der Waals surface area contributed by atoms with E-state index in [0.717, 1.165) is 0 Å². The Bertz CT molecular complexity index is 492. The molecule has 2 N–H and O–H groups in total. The SMILES string of the molecule is COc1cc(NC(=O)C2CC2C(=O)O)cc(OC)c1. The van der Waals surface area contributed by atoms with Crippen molar-refractivity contribution in [3.63, 3.8) is 0 Å². The van der Waals surface area contributed by atoms with E-state index in [1.165, 1.54) is 14.2 Å². The van der Waals surface area contributed by atoms with Crippen LogP contribution in [0.2, 0.25) is 0 Å². The number of anilines is 1. The average Bonchev–Trinajstić information content (AvgIpc) is 3.18. The van der Waals surface area contributed by atoms with Crippen LogP contribution < -0.4 is 14.8 Å². The van der Waals surface area contributed by atoms with Gasteiger partial charge in [-0.2, -0.15) is 0 Å². The van der Waals surface area contributed by atoms with Gasteiger partial charge in [0.05, 0.1) is 26.1 Å². The van der Waals surface area contributed by atoms with Gasteiger partial charge in [-0.25, -0.2) is 0 Å². The summed E-state index contributed by atoms with van der Waals surface area (Å²) in [6.45, 7) is 0. The van der Waals surface area contributed by atoms with E-state index in [1.807, 2.05) is 0 Å². The monoisotopic (exact) mass is 265 g/mol. The van der Waals surface area contributed by atoms with E-state index in [2.05, 4.69) is 5.32 Å². The molecule has 0 bridgehead atoms. The minimum absolute atomic E-state index is 0.289. The molecule has 0 saturated heterocycles. The molecule has 1 aromatic carbocycles. The third kappa shape index (κ3) is 2.96. The number of carbonyl (C=O) groups excluding carboxylic acids is 1. The van der Waals surface area contributed by atoms with Crippen molar-refractivity contribution >= 4 is 17.6 Å². The summed E-state index contributed by atoms with van der Waals surface area (Å²) < 4.78 is 10.2. The lowest BCUT2D eigenvalue weighted by molar-refractivity contribution is -0.139. The molecule has 102 valence electrons. The first kappa shape index (κ1) is 13.2. The fourth-order valence-electron chi connectivity index (χ4n) is 1.87. The summed E-state index contributed by atoms with van der Waals surface area (Å²) in [7, 11) is 3.03. The molecule has 6 nitrogen and oxygen atoms in total. The molecular weight excluding hydrogens is 250 g/mol. The number of carbonyl (C=O) groups is 2. The number of methoxy groups -OCH3 is 2. The van der Waals surface area contributed by atoms with Crippen LogP contribution >= 0.6 is 0 Å². The average molecular weight is 265 g/mol. The number of amides is 1. The summed E-state index contributed by atoms with van der Waals surface area (Å²) in [5.41, 5.74) is 0.525. The largest absolute Gasteiger partial charge is 0.497 e. The third-order valence-electron chi connectivity index (χ3n) is 3.06. The second-order valence-electron chi connectivity index (χ2n) is 4.38. The summed E-state index contributed by atoms with van der Waals surface area (Å²) in [4.78, 5) is 22.5. The molecule has 19 heavy (non-hydrogen) atoms. The molecule has 1 aromatic rings. The van der Waals surface area contributed by atoms with Gasteiger partial charge in [-0.3, -0.25) is 9.59 Å². The molecule has 0 heterocycles. The molecule has 2 rings (SSSR count). The van der Waals surface area contributed by atoms with Crippen molar-refractivity contribution in [3.05, 3.63) is 18.2 Å². The molecule has 0 aliphatic heterocycles. The first-order valence-electron chi connectivity index (χ1n) is 5.82. The molecular formula is C13H15NO5. The molecule has 1 fully saturated rings. The third-order valence-corrected chi connectivity index (χ3v) is 3.06. The first-order valence-corrected chi connectivity index (χ1v) is 5.82. The predicted octanol–water partition coefficient (Wildman–Crippen LogP) is 1.36. The number of benzene rings is 1. The maximum atomic E-state index is 11.8. The Labute approximate surface area is 110 Å². The summed E-state index contributed by atoms with van der Waals surface area (Å²) in [5.74, 6) is -1.12. The molecule has 2 unspecified atom stereocenters. The molecule has 0 aromatic heterocycles. The Morgan fingerprint density at radius 3 is 2.16 bits per heavy atom. The van der Waals surface area contributed by atoms with Gasteiger partial charge in [0.15, 0.2) is 0 Å². The van der Waals surface area contributed by atoms with Gasteiger partial charge in [0.2, 0.25) is 5.91 Å². The van der Waals surface area contributed by atoms with E-state index in [9.17, 15) is 9.59 Å². The van der Waals surface area contributed by atoms with Gasteiger partial charge >= 0.3 is 5.97 Å². The van der Waals surface area contributed by atoms with Gasteiger partial charge in [0.1, 0.15) is 11.5 Å². The number of hydrogen-bond acceptors (Lipinski definition) is 4. The Balaban J connectivity index is 2.07. The van der Waals surface area contributed by atoms with Crippen molar-refractivity contribution in [1.29, 1.82) is 0 Å². The van der Waals surface area contributed by atoms with Crippen LogP contribution in [0.25, 0.3) is 0 Å². The van der Waals surface area contributed by atoms with Gasteiger partial charge in [-0.05, 0) is 6.42 Å². The topological polar surface area (TPSA) is 84.9 Å². The lowest BCUT2D eigenvalue weighted by Crippen LogP contribution is -2.16. The van der Waals surface area contributed by atoms with Crippen LogP contribution in [0.15, 0.2) is 18.2 Å². The Hall–Kier alpha value is -2.24. The van der Waals surface area contributed by atoms with E-state index < -0.39 is 17.8 Å². The fraction of sp³-hybridized carbons (Fsp3) is 0.385. The predicted molar refractivity (Wildman–Crippen MR) is 67.4 cm³/mol. The van der Waals surface area contributed by atoms with Crippen molar-refractivity contribution < 1.29 is 24.2 Å². The zero-order valence-corrected chi connectivity index (χ0v) is 10.7. The minimum Gasteiger partial charge on any atom is -0.497 e. The number of aliphatic carboxylic acids is 1. The quantitative estimate of drug-likeness (QED) is 0.839. The van der Waals surface area contributed by atoms with E-state index in [0.29, 0.717) is 23.6 Å². The molecule has 1 aliphatic carbocycles. The van der Waals surface area contributed by atoms with Gasteiger partial charge in [-0.1, -0.05) is 0 Å². The van der Waals surface area contributed by atoms with E-state index in [4.69, 9.17) is 14.6 Å². The van der Waals surface area contributed by atoms with Crippen LogP contribution in [0.5, 0.6) is 11.5 Å². The number of nitrogens with one attached hydrogen (secondary N) is 1. The van der Waals surface area contributed by atoms with Crippen molar-refractivity contribution in [2.45, 2.75) is 6.42 Å². The molecule has 1 saturated carbocycles. The second-order valence-corrected chi connectivity index (χ2v) is 4.38. The van der Waals surface area contributed by atoms with E-state index in [-0.39, 0.29) is 5.91 Å². The van der Waals surface area contributed by atoms with Gasteiger partial charge in [0, 0.05) is 23.9 Å². The van der Waals surface area contributed by atoms with Crippen LogP contribution in [-0.4, -0.2) is 31.2 Å². The number of hydrogen-bond donors (Lipinski definition) is 2. The highest BCUT2D eigenvalue weighted by atomic mass is 16.5. The van der Waals surface area contributed by atoms with Gasteiger partial charge in [0.25, 0.3) is 0 Å². The molecule has 6 heteroatoms. The second kappa shape index (κ2) is 5.17. The van der Waals surface area contributed by atoms with E-state index >= 15 is 0 Å². The molecule has 1 amide bonds. The highest BCUT2D eigenvalue weighted by Crippen LogP contribution is 2.39. The molecule has 2 atom stereocenters. The Kier molecular flexibility index (Phi) is 3.59. The minimum atomic E-state index is -0.927. The number of carboxylic acid groups (broad SMARTS) is 1. The normalized spacial score (nSPS) is 20.5. The maximum absolute atomic E-state index is 11.8. The molecule has 0 spiro atoms. The van der Waals surface area contributed by atoms with Crippen LogP contribution in [0.4, 0.5) is 5.69 Å². The molecule has 0 radical (unpaired) electrons. The maximum Gasteiger partial charge on any atom is 0.307 e. The van der Waals surface area contributed by atoms with Gasteiger partial charge < -0.3 is 19.9 Å². The van der Waals surface area contributed by atoms with Crippen molar-refractivity contribution in [2.24, 2.45) is 11.8 Å². The zero-order valence-electron chi connectivity index (χ0n) is 10.7. The Morgan fingerprint density at radius 2 is 1.74 bits per heavy atom. The van der Waals surface area contributed by atoms with Crippen LogP contribution in [0, 0.1) is 11.8 Å². The molecule has 1 aliphatic rings. The number of carboxylic acids is 1. The smallest absolute Gasteiger partial charge is 0.307 e. The van der Waals surface area contributed by atoms with Crippen LogP contribution in [0.1, 0.15) is 6.42 Å². The summed E-state index contributed by atoms with van der Waals surface area (Å²) >= 11 is 0. The van der Waals surface area contributed by atoms with Crippen molar-refractivity contribution in [1.82, 2.24) is 0 Å². The lowest BCUT2D eigenvalue weighted by atomic mass is 10.2. The number of ether oxygens (including phenoxy) is 2. The van der Waals surface area contributed by atoms with Crippen molar-refractivity contribution in [2.75, 3.05) is 19.5 Å². The highest BCUT2D eigenvalue weighted by Gasteiger charge is 2.48. The fourth-order valence-corrected chi connectivity index (χ4v) is 1.87. The van der Waals surface area contributed by atoms with Gasteiger partial charge in [-0.15, -0.1) is 0 Å². The first-order chi connectivity index (χ1) is 9.05. The highest BCUT2D eigenvalue weighted by molar-refractivity contribution is 5.98. The zero-order chi connectivity index (χ0) is 14.0. The standard InChI is InChI=1S/C13H15NO5/c1-18-8-3-7(4-9(5-8)19-2)14-12(15)10-6-11(10)13(16)17/h3-5,10-11H,6H2,1-2H3,(H,14,15)(H,16,17). The Morgan fingerprint density at radius 1 is 1.16 bits per heavy atom. The van der Waals surface area contributed by atoms with Crippen LogP contribution in [-0.2, 0) is 9.59 Å². The number of rotatable bonds is 5.